The summed E-state index contributed by atoms with van der Waals surface area (Å²) in [5.41, 5.74) is 19.2. The Hall–Kier alpha value is -7.16. The Kier molecular flexibility index (Phi) is 6.96. The molecule has 0 bridgehead atoms. The first-order chi connectivity index (χ1) is 27.2. The zero-order valence-corrected chi connectivity index (χ0v) is 30.5. The van der Waals surface area contributed by atoms with Gasteiger partial charge < -0.3 is 9.13 Å². The fourth-order valence-corrected chi connectivity index (χ4v) is 9.10. The van der Waals surface area contributed by atoms with Gasteiger partial charge in [0.25, 0.3) is 0 Å². The normalized spacial score (nSPS) is 12.4. The average molecular weight is 701 g/mol. The third kappa shape index (κ3) is 4.68. The van der Waals surface area contributed by atoms with Crippen LogP contribution in [0.2, 0.25) is 0 Å². The van der Waals surface area contributed by atoms with Gasteiger partial charge in [0.15, 0.2) is 0 Å². The molecule has 258 valence electrons. The third-order valence-electron chi connectivity index (χ3n) is 11.6. The van der Waals surface area contributed by atoms with Crippen molar-refractivity contribution in [3.8, 4) is 44.8 Å². The van der Waals surface area contributed by atoms with E-state index in [2.05, 4.69) is 211 Å². The van der Waals surface area contributed by atoms with E-state index >= 15 is 0 Å². The lowest BCUT2D eigenvalue weighted by atomic mass is 9.90. The van der Waals surface area contributed by atoms with Crippen LogP contribution < -0.4 is 0 Å². The lowest BCUT2D eigenvalue weighted by molar-refractivity contribution is 1.18. The van der Waals surface area contributed by atoms with Crippen molar-refractivity contribution in [3.63, 3.8) is 0 Å². The van der Waals surface area contributed by atoms with Gasteiger partial charge in [-0.15, -0.1) is 0 Å². The molecule has 1 aliphatic carbocycles. The van der Waals surface area contributed by atoms with Crippen molar-refractivity contribution in [1.82, 2.24) is 9.13 Å². The summed E-state index contributed by atoms with van der Waals surface area (Å²) in [5.74, 6) is 0. The van der Waals surface area contributed by atoms with E-state index in [1.165, 1.54) is 99.4 Å². The first-order valence-corrected chi connectivity index (χ1v) is 19.0. The maximum Gasteiger partial charge on any atom is 0.0547 e. The van der Waals surface area contributed by atoms with E-state index in [-0.39, 0.29) is 0 Å². The molecule has 0 spiro atoms. The minimum Gasteiger partial charge on any atom is -0.309 e. The smallest absolute Gasteiger partial charge is 0.0547 e. The number of allylic oxidation sites excluding steroid dienone is 1. The van der Waals surface area contributed by atoms with Crippen molar-refractivity contribution < 1.29 is 0 Å². The number of para-hydroxylation sites is 3. The molecule has 55 heavy (non-hydrogen) atoms. The fraction of sp³-hybridized carbons (Fsp3) is 0.0189. The lowest BCUT2D eigenvalue weighted by Crippen LogP contribution is -1.95. The second kappa shape index (κ2) is 12.2. The van der Waals surface area contributed by atoms with Gasteiger partial charge in [-0.2, -0.15) is 0 Å². The van der Waals surface area contributed by atoms with Gasteiger partial charge in [0.05, 0.1) is 22.1 Å². The fourth-order valence-electron chi connectivity index (χ4n) is 9.10. The third-order valence-corrected chi connectivity index (χ3v) is 11.6. The number of fused-ring (bicyclic) bond motifs is 9. The second-order valence-electron chi connectivity index (χ2n) is 14.5. The lowest BCUT2D eigenvalue weighted by Gasteiger charge is -2.15. The molecule has 1 aliphatic rings. The molecule has 0 fully saturated rings. The molecule has 10 aromatic rings. The number of aromatic nitrogens is 2. The molecule has 2 aromatic heterocycles. The van der Waals surface area contributed by atoms with Crippen LogP contribution in [0, 0.1) is 0 Å². The van der Waals surface area contributed by atoms with Gasteiger partial charge in [0.2, 0.25) is 0 Å². The number of rotatable bonds is 5. The molecule has 11 rings (SSSR count). The summed E-state index contributed by atoms with van der Waals surface area (Å²) in [5, 5.41) is 5.01. The summed E-state index contributed by atoms with van der Waals surface area (Å²) >= 11 is 0. The summed E-state index contributed by atoms with van der Waals surface area (Å²) in [7, 11) is 0. The van der Waals surface area contributed by atoms with Crippen molar-refractivity contribution in [2.75, 3.05) is 0 Å². The van der Waals surface area contributed by atoms with Gasteiger partial charge in [0, 0.05) is 32.9 Å². The first-order valence-electron chi connectivity index (χ1n) is 19.0. The molecule has 0 saturated carbocycles. The summed E-state index contributed by atoms with van der Waals surface area (Å²) in [6, 6.07) is 64.3. The van der Waals surface area contributed by atoms with Crippen LogP contribution >= 0.6 is 0 Å². The zero-order chi connectivity index (χ0) is 36.6. The Bertz CT molecular complexity index is 3210. The molecule has 0 aliphatic heterocycles. The SMILES string of the molecule is C=C1c2ccccc2-c2ccc(-c3ccc(-n4c5ccccc5c5ccc(-c6ccc7c(c6)c6ccccc6n7-c6ccccc6)cc54)cc3)c(/C=C\C)c21. The maximum absolute atomic E-state index is 4.55. The standard InChI is InChI=1S/C53H36N2/c1-3-13-46-41(29-30-47-42-17-8-7-16-40(42)34(2)53(46)47)35-22-26-39(27-23-35)55-49-20-11-9-18-43(49)45-28-24-37(33-52(45)55)36-25-31-51-48(32-36)44-19-10-12-21-50(44)54(51)38-14-5-4-6-15-38/h3-33H,2H2,1H3/b13-3-. The first kappa shape index (κ1) is 31.4. The molecule has 0 amide bonds. The average Bonchev–Trinajstić information content (AvgIpc) is 3.86. The summed E-state index contributed by atoms with van der Waals surface area (Å²) in [6.07, 6.45) is 4.38. The molecule has 2 nitrogen and oxygen atoms in total. The highest BCUT2D eigenvalue weighted by Gasteiger charge is 2.25. The van der Waals surface area contributed by atoms with E-state index in [9.17, 15) is 0 Å². The van der Waals surface area contributed by atoms with Gasteiger partial charge in [-0.25, -0.2) is 0 Å². The van der Waals surface area contributed by atoms with Gasteiger partial charge in [-0.05, 0) is 117 Å². The van der Waals surface area contributed by atoms with E-state index < -0.39 is 0 Å². The van der Waals surface area contributed by atoms with E-state index in [1.807, 2.05) is 0 Å². The van der Waals surface area contributed by atoms with Crippen LogP contribution in [0.1, 0.15) is 23.6 Å². The van der Waals surface area contributed by atoms with Crippen molar-refractivity contribution in [2.45, 2.75) is 6.92 Å². The van der Waals surface area contributed by atoms with Crippen LogP contribution in [0.25, 0.3) is 100 Å². The van der Waals surface area contributed by atoms with E-state index in [4.69, 9.17) is 0 Å². The predicted molar refractivity (Wildman–Crippen MR) is 234 cm³/mol. The monoisotopic (exact) mass is 700 g/mol. The molecule has 2 heteroatoms. The van der Waals surface area contributed by atoms with Crippen molar-refractivity contribution >= 4 is 55.3 Å². The Morgan fingerprint density at radius 3 is 1.71 bits per heavy atom. The Morgan fingerprint density at radius 2 is 0.945 bits per heavy atom. The summed E-state index contributed by atoms with van der Waals surface area (Å²) in [4.78, 5) is 0. The Morgan fingerprint density at radius 1 is 0.400 bits per heavy atom. The predicted octanol–water partition coefficient (Wildman–Crippen LogP) is 14.3. The highest BCUT2D eigenvalue weighted by molar-refractivity contribution is 6.12. The van der Waals surface area contributed by atoms with Crippen molar-refractivity contribution in [3.05, 3.63) is 205 Å². The highest BCUT2D eigenvalue weighted by atomic mass is 15.0. The van der Waals surface area contributed by atoms with Crippen molar-refractivity contribution in [2.24, 2.45) is 0 Å². The molecular formula is C53H36N2. The van der Waals surface area contributed by atoms with Crippen LogP contribution in [0.3, 0.4) is 0 Å². The van der Waals surface area contributed by atoms with Crippen LogP contribution in [-0.4, -0.2) is 9.13 Å². The quantitative estimate of drug-likeness (QED) is 0.169. The minimum absolute atomic E-state index is 1.10. The van der Waals surface area contributed by atoms with Gasteiger partial charge in [-0.3, -0.25) is 0 Å². The zero-order valence-electron chi connectivity index (χ0n) is 30.5. The highest BCUT2D eigenvalue weighted by Crippen LogP contribution is 2.48. The number of hydrogen-bond donors (Lipinski definition) is 0. The second-order valence-corrected chi connectivity index (χ2v) is 14.5. The molecule has 0 saturated heterocycles. The molecule has 8 aromatic carbocycles. The van der Waals surface area contributed by atoms with Gasteiger partial charge >= 0.3 is 0 Å². The Balaban J connectivity index is 1.04. The summed E-state index contributed by atoms with van der Waals surface area (Å²) < 4.78 is 4.80. The number of benzene rings is 8. The van der Waals surface area contributed by atoms with Crippen LogP contribution in [0.15, 0.2) is 189 Å². The molecule has 0 radical (unpaired) electrons. The minimum atomic E-state index is 1.10. The largest absolute Gasteiger partial charge is 0.309 e. The van der Waals surface area contributed by atoms with Crippen LogP contribution in [-0.2, 0) is 0 Å². The van der Waals surface area contributed by atoms with E-state index in [0.29, 0.717) is 0 Å². The molecular weight excluding hydrogens is 665 g/mol. The van der Waals surface area contributed by atoms with Gasteiger partial charge in [-0.1, -0.05) is 140 Å². The van der Waals surface area contributed by atoms with Gasteiger partial charge in [0.1, 0.15) is 0 Å². The molecule has 2 heterocycles. The van der Waals surface area contributed by atoms with Crippen LogP contribution in [0.4, 0.5) is 0 Å². The van der Waals surface area contributed by atoms with Crippen LogP contribution in [0.5, 0.6) is 0 Å². The topological polar surface area (TPSA) is 9.86 Å². The maximum atomic E-state index is 4.55. The molecule has 0 N–H and O–H groups in total. The molecule has 0 atom stereocenters. The number of nitrogens with zero attached hydrogens (tertiary/aromatic N) is 2. The van der Waals surface area contributed by atoms with E-state index in [0.717, 1.165) is 11.3 Å². The molecule has 0 unspecified atom stereocenters. The van der Waals surface area contributed by atoms with Crippen molar-refractivity contribution in [1.29, 1.82) is 0 Å². The Labute approximate surface area is 320 Å². The van der Waals surface area contributed by atoms with E-state index in [1.54, 1.807) is 0 Å². The summed E-state index contributed by atoms with van der Waals surface area (Å²) in [6.45, 7) is 6.64. The number of hydrogen-bond acceptors (Lipinski definition) is 0.